The van der Waals surface area contributed by atoms with E-state index in [0.29, 0.717) is 13.0 Å². The fourth-order valence-corrected chi connectivity index (χ4v) is 2.02. The van der Waals surface area contributed by atoms with Gasteiger partial charge >= 0.3 is 5.97 Å². The molecule has 0 aliphatic rings. The molecule has 6 nitrogen and oxygen atoms in total. The molecule has 146 valence electrons. The van der Waals surface area contributed by atoms with Gasteiger partial charge in [-0.15, -0.1) is 0 Å². The highest BCUT2D eigenvalue weighted by Crippen LogP contribution is 2.16. The van der Waals surface area contributed by atoms with E-state index in [4.69, 9.17) is 14.2 Å². The summed E-state index contributed by atoms with van der Waals surface area (Å²) in [6.45, 7) is 5.45. The van der Waals surface area contributed by atoms with Gasteiger partial charge in [0.2, 0.25) is 0 Å². The van der Waals surface area contributed by atoms with Gasteiger partial charge in [-0.2, -0.15) is 0 Å². The van der Waals surface area contributed by atoms with E-state index in [1.807, 2.05) is 24.3 Å². The molecule has 0 unspecified atom stereocenters. The van der Waals surface area contributed by atoms with E-state index < -0.39 is 17.6 Å². The molecule has 0 saturated carbocycles. The summed E-state index contributed by atoms with van der Waals surface area (Å²) in [7, 11) is 1.60. The molecule has 6 heteroatoms. The van der Waals surface area contributed by atoms with Crippen molar-refractivity contribution in [3.05, 3.63) is 42.0 Å². The fraction of sp³-hybridized carbons (Fsp3) is 0.550. The Labute approximate surface area is 155 Å². The molecule has 0 saturated heterocycles. The molecular formula is C20H30O6. The van der Waals surface area contributed by atoms with Crippen molar-refractivity contribution < 1.29 is 29.2 Å². The molecule has 2 atom stereocenters. The lowest BCUT2D eigenvalue weighted by atomic mass is 9.97. The van der Waals surface area contributed by atoms with E-state index in [2.05, 4.69) is 0 Å². The van der Waals surface area contributed by atoms with Crippen molar-refractivity contribution in [1.82, 2.24) is 0 Å². The predicted molar refractivity (Wildman–Crippen MR) is 98.8 cm³/mol. The van der Waals surface area contributed by atoms with Gasteiger partial charge in [-0.05, 0) is 44.9 Å². The molecule has 0 bridgehead atoms. The van der Waals surface area contributed by atoms with Crippen LogP contribution in [0.3, 0.4) is 0 Å². The molecule has 0 aliphatic carbocycles. The topological polar surface area (TPSA) is 85.2 Å². The van der Waals surface area contributed by atoms with E-state index >= 15 is 0 Å². The Morgan fingerprint density at radius 1 is 1.19 bits per heavy atom. The number of rotatable bonds is 10. The molecule has 1 aromatic carbocycles. The lowest BCUT2D eigenvalue weighted by Crippen LogP contribution is -2.31. The molecule has 0 aliphatic heterocycles. The van der Waals surface area contributed by atoms with Crippen LogP contribution < -0.4 is 4.74 Å². The Balaban J connectivity index is 2.48. The Kier molecular flexibility index (Phi) is 9.34. The van der Waals surface area contributed by atoms with Crippen LogP contribution in [0.15, 0.2) is 36.4 Å². The zero-order valence-electron chi connectivity index (χ0n) is 16.0. The summed E-state index contributed by atoms with van der Waals surface area (Å²) in [5.74, 6) is 0.485. The number of esters is 1. The summed E-state index contributed by atoms with van der Waals surface area (Å²) < 4.78 is 16.0. The van der Waals surface area contributed by atoms with Crippen LogP contribution in [-0.2, 0) is 20.9 Å². The molecule has 0 spiro atoms. The third kappa shape index (κ3) is 7.99. The number of aliphatic hydroxyl groups is 2. The summed E-state index contributed by atoms with van der Waals surface area (Å²) in [5, 5.41) is 19.1. The molecule has 2 N–H and O–H groups in total. The van der Waals surface area contributed by atoms with Gasteiger partial charge in [0.05, 0.1) is 31.8 Å². The van der Waals surface area contributed by atoms with Crippen molar-refractivity contribution in [3.63, 3.8) is 0 Å². The number of hydrogen-bond donors (Lipinski definition) is 2. The first-order valence-corrected chi connectivity index (χ1v) is 8.63. The van der Waals surface area contributed by atoms with Crippen molar-refractivity contribution in [2.45, 2.75) is 46.0 Å². The summed E-state index contributed by atoms with van der Waals surface area (Å²) >= 11 is 0. The van der Waals surface area contributed by atoms with E-state index in [-0.39, 0.29) is 19.2 Å². The van der Waals surface area contributed by atoms with E-state index in [1.54, 1.807) is 40.0 Å². The first-order valence-electron chi connectivity index (χ1n) is 8.63. The third-order valence-corrected chi connectivity index (χ3v) is 3.70. The minimum atomic E-state index is -0.991. The van der Waals surface area contributed by atoms with Crippen LogP contribution in [0, 0.1) is 5.41 Å². The van der Waals surface area contributed by atoms with Crippen LogP contribution in [-0.4, -0.2) is 48.7 Å². The fourth-order valence-electron chi connectivity index (χ4n) is 2.02. The van der Waals surface area contributed by atoms with Crippen LogP contribution in [0.25, 0.3) is 0 Å². The second-order valence-electron chi connectivity index (χ2n) is 7.00. The highest BCUT2D eigenvalue weighted by molar-refractivity contribution is 5.75. The van der Waals surface area contributed by atoms with Crippen LogP contribution >= 0.6 is 0 Å². The normalized spacial score (nSPS) is 14.2. The van der Waals surface area contributed by atoms with Gasteiger partial charge in [0.1, 0.15) is 18.5 Å². The highest BCUT2D eigenvalue weighted by Gasteiger charge is 2.22. The van der Waals surface area contributed by atoms with E-state index in [0.717, 1.165) is 11.3 Å². The molecular weight excluding hydrogens is 336 g/mol. The third-order valence-electron chi connectivity index (χ3n) is 3.70. The highest BCUT2D eigenvalue weighted by atomic mass is 16.5. The second kappa shape index (κ2) is 11.0. The summed E-state index contributed by atoms with van der Waals surface area (Å²) in [6.07, 6.45) is 2.32. The van der Waals surface area contributed by atoms with Crippen LogP contribution in [0.1, 0.15) is 32.8 Å². The molecule has 0 amide bonds. The maximum absolute atomic E-state index is 11.7. The lowest BCUT2D eigenvalue weighted by molar-refractivity contribution is -0.151. The number of carbonyl (C=O) groups excluding carboxylic acids is 1. The number of hydrogen-bond acceptors (Lipinski definition) is 6. The number of carbonyl (C=O) groups is 1. The average molecular weight is 366 g/mol. The van der Waals surface area contributed by atoms with Crippen LogP contribution in [0.5, 0.6) is 5.75 Å². The smallest absolute Gasteiger partial charge is 0.311 e. The molecule has 0 radical (unpaired) electrons. The lowest BCUT2D eigenvalue weighted by Gasteiger charge is -2.21. The van der Waals surface area contributed by atoms with Gasteiger partial charge in [0.15, 0.2) is 0 Å². The molecule has 1 rings (SSSR count). The minimum absolute atomic E-state index is 0.163. The van der Waals surface area contributed by atoms with Gasteiger partial charge in [0.25, 0.3) is 0 Å². The number of methoxy groups -OCH3 is 1. The summed E-state index contributed by atoms with van der Waals surface area (Å²) in [6, 6.07) is 7.42. The maximum Gasteiger partial charge on any atom is 0.311 e. The zero-order valence-corrected chi connectivity index (χ0v) is 16.0. The Bertz CT molecular complexity index is 559. The SMILES string of the molecule is COc1ccc(CO[C@@H](C/C=C/COC(=O)C(C)(C)C)[C@H](O)CO)cc1. The van der Waals surface area contributed by atoms with Crippen molar-refractivity contribution >= 4 is 5.97 Å². The standard InChI is InChI=1S/C20H30O6/c1-20(2,3)19(23)25-12-6-5-7-18(17(22)13-21)26-14-15-8-10-16(24-4)11-9-15/h5-6,8-11,17-18,21-22H,7,12-14H2,1-4H3/b6-5+/t17-,18+/m1/s1. The van der Waals surface area contributed by atoms with Crippen molar-refractivity contribution in [1.29, 1.82) is 0 Å². The van der Waals surface area contributed by atoms with Crippen molar-refractivity contribution in [2.24, 2.45) is 5.41 Å². The van der Waals surface area contributed by atoms with Crippen molar-refractivity contribution in [3.8, 4) is 5.75 Å². The first kappa shape index (κ1) is 22.2. The number of aliphatic hydroxyl groups excluding tert-OH is 2. The van der Waals surface area contributed by atoms with Crippen LogP contribution in [0.2, 0.25) is 0 Å². The van der Waals surface area contributed by atoms with Crippen molar-refractivity contribution in [2.75, 3.05) is 20.3 Å². The largest absolute Gasteiger partial charge is 0.497 e. The summed E-state index contributed by atoms with van der Waals surface area (Å²) in [4.78, 5) is 11.7. The van der Waals surface area contributed by atoms with Gasteiger partial charge < -0.3 is 24.4 Å². The Hall–Kier alpha value is -1.89. The van der Waals surface area contributed by atoms with E-state index in [1.165, 1.54) is 0 Å². The van der Waals surface area contributed by atoms with Gasteiger partial charge in [0, 0.05) is 0 Å². The Morgan fingerprint density at radius 2 is 1.85 bits per heavy atom. The van der Waals surface area contributed by atoms with Crippen LogP contribution in [0.4, 0.5) is 0 Å². The molecule has 0 heterocycles. The first-order chi connectivity index (χ1) is 12.3. The Morgan fingerprint density at radius 3 is 2.38 bits per heavy atom. The second-order valence-corrected chi connectivity index (χ2v) is 7.00. The summed E-state index contributed by atoms with van der Waals surface area (Å²) in [5.41, 5.74) is 0.398. The molecule has 0 fully saturated rings. The zero-order chi connectivity index (χ0) is 19.6. The predicted octanol–water partition coefficient (Wildman–Crippen LogP) is 2.47. The molecule has 1 aromatic rings. The molecule has 26 heavy (non-hydrogen) atoms. The minimum Gasteiger partial charge on any atom is -0.497 e. The maximum atomic E-state index is 11.7. The monoisotopic (exact) mass is 366 g/mol. The quantitative estimate of drug-likeness (QED) is 0.489. The van der Waals surface area contributed by atoms with Gasteiger partial charge in [-0.25, -0.2) is 0 Å². The molecule has 0 aromatic heterocycles. The van der Waals surface area contributed by atoms with E-state index in [9.17, 15) is 15.0 Å². The van der Waals surface area contributed by atoms with Gasteiger partial charge in [-0.3, -0.25) is 4.79 Å². The van der Waals surface area contributed by atoms with Gasteiger partial charge in [-0.1, -0.05) is 24.3 Å². The number of ether oxygens (including phenoxy) is 3. The average Bonchev–Trinajstić information content (AvgIpc) is 2.62. The number of benzene rings is 1.